The number of ether oxygens (including phenoxy) is 1. The Kier molecular flexibility index (Phi) is 5.76. The van der Waals surface area contributed by atoms with Crippen LogP contribution in [0.1, 0.15) is 17.0 Å². The molecule has 0 spiro atoms. The van der Waals surface area contributed by atoms with Crippen molar-refractivity contribution >= 4 is 23.6 Å². The number of aryl methyl sites for hydroxylation is 1. The number of amides is 1. The molecule has 154 valence electrons. The predicted molar refractivity (Wildman–Crippen MR) is 110 cm³/mol. The van der Waals surface area contributed by atoms with Crippen LogP contribution < -0.4 is 4.74 Å². The zero-order valence-electron chi connectivity index (χ0n) is 16.2. The molecule has 30 heavy (non-hydrogen) atoms. The van der Waals surface area contributed by atoms with Crippen molar-refractivity contribution < 1.29 is 13.9 Å². The molecule has 1 fully saturated rings. The van der Waals surface area contributed by atoms with E-state index in [1.165, 1.54) is 23.0 Å². The first-order valence-electron chi connectivity index (χ1n) is 9.38. The molecule has 0 aliphatic carbocycles. The molecule has 0 bridgehead atoms. The summed E-state index contributed by atoms with van der Waals surface area (Å²) in [5.41, 5.74) is 1.73. The average molecular weight is 428 g/mol. The fraction of sp³-hybridized carbons (Fsp3) is 0.238. The number of hydrogen-bond acceptors (Lipinski definition) is 5. The lowest BCUT2D eigenvalue weighted by atomic mass is 10.1. The van der Waals surface area contributed by atoms with E-state index in [2.05, 4.69) is 15.4 Å². The van der Waals surface area contributed by atoms with Crippen LogP contribution in [0.2, 0.25) is 5.02 Å². The Hall–Kier alpha value is -3.26. The van der Waals surface area contributed by atoms with Crippen LogP contribution in [0.15, 0.2) is 48.5 Å². The summed E-state index contributed by atoms with van der Waals surface area (Å²) in [5, 5.41) is 12.6. The summed E-state index contributed by atoms with van der Waals surface area (Å²) in [7, 11) is 0. The van der Waals surface area contributed by atoms with E-state index in [0.29, 0.717) is 36.2 Å². The zero-order valence-corrected chi connectivity index (χ0v) is 17.0. The highest BCUT2D eigenvalue weighted by Gasteiger charge is 2.31. The maximum absolute atomic E-state index is 13.0. The van der Waals surface area contributed by atoms with Gasteiger partial charge in [0.15, 0.2) is 5.82 Å². The van der Waals surface area contributed by atoms with Crippen molar-refractivity contribution in [2.24, 2.45) is 0 Å². The lowest BCUT2D eigenvalue weighted by Crippen LogP contribution is -2.55. The van der Waals surface area contributed by atoms with Gasteiger partial charge in [0.05, 0.1) is 19.6 Å². The first-order chi connectivity index (χ1) is 14.5. The number of carbonyl (C=O) groups is 1. The van der Waals surface area contributed by atoms with Crippen LogP contribution in [-0.4, -0.2) is 50.2 Å². The standard InChI is InChI=1S/C21H19ClFN5O2/c1-14-24-26-28(25-14)11-16-10-17(22)4-2-15(16)3-9-21(29)27-12-20(13-27)30-19-7-5-18(23)6-8-19/h2-10,20H,11-13H2,1H3. The van der Waals surface area contributed by atoms with Crippen LogP contribution in [0.5, 0.6) is 5.75 Å². The van der Waals surface area contributed by atoms with Crippen molar-refractivity contribution in [3.8, 4) is 5.75 Å². The first kappa shape index (κ1) is 20.0. The molecule has 7 nitrogen and oxygen atoms in total. The highest BCUT2D eigenvalue weighted by Crippen LogP contribution is 2.21. The quantitative estimate of drug-likeness (QED) is 0.565. The molecule has 3 aromatic rings. The van der Waals surface area contributed by atoms with Gasteiger partial charge in [-0.3, -0.25) is 4.79 Å². The number of halogens is 2. The summed E-state index contributed by atoms with van der Waals surface area (Å²) < 4.78 is 18.7. The molecule has 0 saturated carbocycles. The minimum atomic E-state index is -0.311. The molecule has 1 aliphatic rings. The van der Waals surface area contributed by atoms with E-state index in [1.54, 1.807) is 36.1 Å². The minimum absolute atomic E-state index is 0.0967. The third-order valence-electron chi connectivity index (χ3n) is 4.65. The van der Waals surface area contributed by atoms with E-state index in [4.69, 9.17) is 16.3 Å². The lowest BCUT2D eigenvalue weighted by molar-refractivity contribution is -0.134. The van der Waals surface area contributed by atoms with E-state index >= 15 is 0 Å². The minimum Gasteiger partial charge on any atom is -0.487 e. The molecule has 9 heteroatoms. The van der Waals surface area contributed by atoms with E-state index in [9.17, 15) is 9.18 Å². The summed E-state index contributed by atoms with van der Waals surface area (Å²) >= 11 is 6.12. The Labute approximate surface area is 177 Å². The zero-order chi connectivity index (χ0) is 21.1. The van der Waals surface area contributed by atoms with Crippen molar-refractivity contribution in [1.29, 1.82) is 0 Å². The van der Waals surface area contributed by atoms with Crippen LogP contribution in [0.4, 0.5) is 4.39 Å². The van der Waals surface area contributed by atoms with Gasteiger partial charge in [-0.1, -0.05) is 17.7 Å². The van der Waals surface area contributed by atoms with Crippen LogP contribution in [0.25, 0.3) is 6.08 Å². The molecule has 1 aliphatic heterocycles. The number of benzene rings is 2. The second-order valence-electron chi connectivity index (χ2n) is 6.98. The summed E-state index contributed by atoms with van der Waals surface area (Å²) in [6.45, 7) is 3.12. The van der Waals surface area contributed by atoms with Gasteiger partial charge in [-0.15, -0.1) is 10.2 Å². The Morgan fingerprint density at radius 2 is 2.03 bits per heavy atom. The summed E-state index contributed by atoms with van der Waals surface area (Å²) in [6, 6.07) is 11.3. The number of likely N-dealkylation sites (tertiary alicyclic amines) is 1. The fourth-order valence-corrected chi connectivity index (χ4v) is 3.28. The van der Waals surface area contributed by atoms with Gasteiger partial charge in [0.1, 0.15) is 17.7 Å². The molecular weight excluding hydrogens is 409 g/mol. The van der Waals surface area contributed by atoms with E-state index in [1.807, 2.05) is 12.1 Å². The van der Waals surface area contributed by atoms with Crippen LogP contribution in [-0.2, 0) is 11.3 Å². The first-order valence-corrected chi connectivity index (χ1v) is 9.76. The highest BCUT2D eigenvalue weighted by atomic mass is 35.5. The van der Waals surface area contributed by atoms with Crippen molar-refractivity contribution in [2.75, 3.05) is 13.1 Å². The predicted octanol–water partition coefficient (Wildman–Crippen LogP) is 3.13. The van der Waals surface area contributed by atoms with Gasteiger partial charge in [0, 0.05) is 11.1 Å². The molecule has 2 heterocycles. The number of carbonyl (C=O) groups excluding carboxylic acids is 1. The lowest BCUT2D eigenvalue weighted by Gasteiger charge is -2.38. The van der Waals surface area contributed by atoms with Gasteiger partial charge in [0.25, 0.3) is 0 Å². The maximum Gasteiger partial charge on any atom is 0.246 e. The van der Waals surface area contributed by atoms with E-state index in [0.717, 1.165) is 11.1 Å². The van der Waals surface area contributed by atoms with Crippen LogP contribution in [0, 0.1) is 12.7 Å². The topological polar surface area (TPSA) is 73.1 Å². The molecule has 0 radical (unpaired) electrons. The third-order valence-corrected chi connectivity index (χ3v) is 4.89. The highest BCUT2D eigenvalue weighted by molar-refractivity contribution is 6.30. The van der Waals surface area contributed by atoms with Crippen LogP contribution in [0.3, 0.4) is 0 Å². The number of aromatic nitrogens is 4. The molecule has 2 aromatic carbocycles. The smallest absolute Gasteiger partial charge is 0.246 e. The molecule has 1 aromatic heterocycles. The molecule has 0 atom stereocenters. The van der Waals surface area contributed by atoms with E-state index < -0.39 is 0 Å². The summed E-state index contributed by atoms with van der Waals surface area (Å²) in [5.74, 6) is 0.755. The summed E-state index contributed by atoms with van der Waals surface area (Å²) in [6.07, 6.45) is 3.19. The van der Waals surface area contributed by atoms with Gasteiger partial charge >= 0.3 is 0 Å². The Morgan fingerprint density at radius 1 is 1.27 bits per heavy atom. The number of rotatable bonds is 6. The van der Waals surface area contributed by atoms with Crippen molar-refractivity contribution in [3.05, 3.63) is 76.3 Å². The van der Waals surface area contributed by atoms with Gasteiger partial charge in [-0.2, -0.15) is 4.80 Å². The normalized spacial score (nSPS) is 14.2. The molecular formula is C21H19ClFN5O2. The second kappa shape index (κ2) is 8.62. The Morgan fingerprint density at radius 3 is 2.73 bits per heavy atom. The Bertz CT molecular complexity index is 1080. The van der Waals surface area contributed by atoms with Crippen molar-refractivity contribution in [3.63, 3.8) is 0 Å². The monoisotopic (exact) mass is 427 g/mol. The fourth-order valence-electron chi connectivity index (χ4n) is 3.08. The number of tetrazole rings is 1. The largest absolute Gasteiger partial charge is 0.487 e. The van der Waals surface area contributed by atoms with Gasteiger partial charge < -0.3 is 9.64 Å². The van der Waals surface area contributed by atoms with E-state index in [-0.39, 0.29) is 17.8 Å². The summed E-state index contributed by atoms with van der Waals surface area (Å²) in [4.78, 5) is 15.6. The maximum atomic E-state index is 13.0. The molecule has 0 unspecified atom stereocenters. The molecule has 1 amide bonds. The number of hydrogen-bond donors (Lipinski definition) is 0. The van der Waals surface area contributed by atoms with Gasteiger partial charge in [0.2, 0.25) is 5.91 Å². The SMILES string of the molecule is Cc1nnn(Cc2cc(Cl)ccc2C=CC(=O)N2CC(Oc3ccc(F)cc3)C2)n1. The van der Waals surface area contributed by atoms with Crippen LogP contribution >= 0.6 is 11.6 Å². The second-order valence-corrected chi connectivity index (χ2v) is 7.42. The van der Waals surface area contributed by atoms with Crippen molar-refractivity contribution in [2.45, 2.75) is 19.6 Å². The number of nitrogens with zero attached hydrogens (tertiary/aromatic N) is 5. The van der Waals surface area contributed by atoms with Gasteiger partial charge in [-0.25, -0.2) is 4.39 Å². The average Bonchev–Trinajstić information content (AvgIpc) is 3.09. The molecule has 0 N–H and O–H groups in total. The van der Waals surface area contributed by atoms with Crippen molar-refractivity contribution in [1.82, 2.24) is 25.1 Å². The Balaban J connectivity index is 1.36. The molecule has 4 rings (SSSR count). The molecule has 1 saturated heterocycles. The third kappa shape index (κ3) is 4.83. The van der Waals surface area contributed by atoms with Gasteiger partial charge in [-0.05, 0) is 65.7 Å².